The smallest absolute Gasteiger partial charge is 0.160 e. The lowest BCUT2D eigenvalue weighted by Crippen LogP contribution is -1.92. The van der Waals surface area contributed by atoms with Crippen LogP contribution in [-0.2, 0) is 0 Å². The fourth-order valence-electron chi connectivity index (χ4n) is 1.55. The van der Waals surface area contributed by atoms with Gasteiger partial charge in [-0.05, 0) is 42.0 Å². The highest BCUT2D eigenvalue weighted by molar-refractivity contribution is 6.30. The highest BCUT2D eigenvalue weighted by atomic mass is 35.5. The number of methoxy groups -OCH3 is 1. The molecule has 0 bridgehead atoms. The highest BCUT2D eigenvalue weighted by Crippen LogP contribution is 2.21. The molecule has 0 saturated carbocycles. The van der Waals surface area contributed by atoms with E-state index < -0.39 is 6.17 Å². The van der Waals surface area contributed by atoms with Crippen LogP contribution in [0.4, 0.5) is 10.1 Å². The molecule has 4 heteroatoms. The van der Waals surface area contributed by atoms with E-state index in [1.807, 2.05) is 0 Å². The summed E-state index contributed by atoms with van der Waals surface area (Å²) in [5.41, 5.74) is 1.21. The molecule has 2 rings (SSSR count). The van der Waals surface area contributed by atoms with Crippen LogP contribution in [0.3, 0.4) is 0 Å². The van der Waals surface area contributed by atoms with E-state index in [0.29, 0.717) is 16.3 Å². The molecule has 0 saturated heterocycles. The molecule has 2 aromatic carbocycles. The average molecular weight is 278 g/mol. The first-order valence-electron chi connectivity index (χ1n) is 5.77. The van der Waals surface area contributed by atoms with Crippen molar-refractivity contribution in [1.82, 2.24) is 0 Å². The summed E-state index contributed by atoms with van der Waals surface area (Å²) in [6.07, 6.45) is 0.0183. The first-order valence-corrected chi connectivity index (χ1v) is 6.14. The van der Waals surface area contributed by atoms with Crippen LogP contribution >= 0.6 is 11.6 Å². The highest BCUT2D eigenvalue weighted by Gasteiger charge is 2.05. The maximum absolute atomic E-state index is 13.9. The molecular formula is C15H13ClFNO. The lowest BCUT2D eigenvalue weighted by atomic mass is 10.1. The van der Waals surface area contributed by atoms with E-state index in [0.717, 1.165) is 5.75 Å². The molecule has 0 aliphatic heterocycles. The van der Waals surface area contributed by atoms with E-state index in [1.54, 1.807) is 55.6 Å². The second-order valence-corrected chi connectivity index (χ2v) is 4.37. The second kappa shape index (κ2) is 6.34. The molecule has 0 fully saturated rings. The third-order valence-electron chi connectivity index (χ3n) is 2.62. The van der Waals surface area contributed by atoms with Crippen molar-refractivity contribution in [2.45, 2.75) is 6.17 Å². The molecule has 2 aromatic rings. The molecule has 0 spiro atoms. The molecule has 0 N–H and O–H groups in total. The summed E-state index contributed by atoms with van der Waals surface area (Å²) in [4.78, 5) is 4.09. The van der Waals surface area contributed by atoms with Crippen LogP contribution in [-0.4, -0.2) is 13.3 Å². The number of hydrogen-bond donors (Lipinski definition) is 0. The SMILES string of the molecule is COc1ccc(N=CC(F)c2ccc(Cl)cc2)cc1. The lowest BCUT2D eigenvalue weighted by molar-refractivity contribution is 0.415. The Balaban J connectivity index is 2.06. The van der Waals surface area contributed by atoms with Crippen molar-refractivity contribution in [2.24, 2.45) is 4.99 Å². The number of aliphatic imine (C=N–C) groups is 1. The monoisotopic (exact) mass is 277 g/mol. The zero-order valence-electron chi connectivity index (χ0n) is 10.4. The quantitative estimate of drug-likeness (QED) is 0.738. The van der Waals surface area contributed by atoms with E-state index in [9.17, 15) is 4.39 Å². The van der Waals surface area contributed by atoms with E-state index in [-0.39, 0.29) is 0 Å². The van der Waals surface area contributed by atoms with Crippen molar-refractivity contribution in [3.05, 3.63) is 59.1 Å². The first kappa shape index (κ1) is 13.6. The van der Waals surface area contributed by atoms with Gasteiger partial charge in [-0.15, -0.1) is 0 Å². The Morgan fingerprint density at radius 3 is 2.32 bits per heavy atom. The van der Waals surface area contributed by atoms with Crippen molar-refractivity contribution >= 4 is 23.5 Å². The predicted octanol–water partition coefficient (Wildman–Crippen LogP) is 4.76. The van der Waals surface area contributed by atoms with Crippen molar-refractivity contribution in [1.29, 1.82) is 0 Å². The maximum atomic E-state index is 13.9. The van der Waals surface area contributed by atoms with Gasteiger partial charge in [0.1, 0.15) is 5.75 Å². The number of halogens is 2. The number of benzene rings is 2. The number of nitrogens with zero attached hydrogens (tertiary/aromatic N) is 1. The molecule has 0 aliphatic carbocycles. The van der Waals surface area contributed by atoms with Crippen LogP contribution in [0.5, 0.6) is 5.75 Å². The topological polar surface area (TPSA) is 21.6 Å². The summed E-state index contributed by atoms with van der Waals surface area (Å²) in [5.74, 6) is 0.744. The van der Waals surface area contributed by atoms with Gasteiger partial charge in [0.2, 0.25) is 0 Å². The van der Waals surface area contributed by atoms with Crippen LogP contribution in [0.15, 0.2) is 53.5 Å². The zero-order valence-corrected chi connectivity index (χ0v) is 11.1. The van der Waals surface area contributed by atoms with E-state index in [2.05, 4.69) is 4.99 Å². The molecular weight excluding hydrogens is 265 g/mol. The Labute approximate surface area is 116 Å². The third kappa shape index (κ3) is 3.80. The number of ether oxygens (including phenoxy) is 1. The van der Waals surface area contributed by atoms with Gasteiger partial charge in [-0.3, -0.25) is 4.99 Å². The number of rotatable bonds is 4. The molecule has 98 valence electrons. The summed E-state index contributed by atoms with van der Waals surface area (Å²) in [5, 5.41) is 0.586. The zero-order chi connectivity index (χ0) is 13.7. The number of alkyl halides is 1. The average Bonchev–Trinajstić information content (AvgIpc) is 2.46. The normalized spacial score (nSPS) is 12.6. The minimum Gasteiger partial charge on any atom is -0.497 e. The first-order chi connectivity index (χ1) is 9.19. The lowest BCUT2D eigenvalue weighted by Gasteiger charge is -2.03. The van der Waals surface area contributed by atoms with Crippen LogP contribution in [0.2, 0.25) is 5.02 Å². The van der Waals surface area contributed by atoms with Gasteiger partial charge in [0.15, 0.2) is 6.17 Å². The van der Waals surface area contributed by atoms with E-state index >= 15 is 0 Å². The van der Waals surface area contributed by atoms with Crippen LogP contribution in [0.1, 0.15) is 11.7 Å². The predicted molar refractivity (Wildman–Crippen MR) is 76.4 cm³/mol. The van der Waals surface area contributed by atoms with Crippen LogP contribution < -0.4 is 4.74 Å². The van der Waals surface area contributed by atoms with Gasteiger partial charge in [0.05, 0.1) is 12.8 Å². The van der Waals surface area contributed by atoms with Crippen molar-refractivity contribution in [3.8, 4) is 5.75 Å². The van der Waals surface area contributed by atoms with Crippen molar-refractivity contribution < 1.29 is 9.13 Å². The Morgan fingerprint density at radius 1 is 1.11 bits per heavy atom. The summed E-state index contributed by atoms with van der Waals surface area (Å²) in [6.45, 7) is 0. The molecule has 19 heavy (non-hydrogen) atoms. The van der Waals surface area contributed by atoms with Crippen molar-refractivity contribution in [3.63, 3.8) is 0 Å². The molecule has 2 nitrogen and oxygen atoms in total. The van der Waals surface area contributed by atoms with Crippen LogP contribution in [0.25, 0.3) is 0 Å². The van der Waals surface area contributed by atoms with Crippen molar-refractivity contribution in [2.75, 3.05) is 7.11 Å². The van der Waals surface area contributed by atoms with Gasteiger partial charge in [-0.2, -0.15) is 0 Å². The third-order valence-corrected chi connectivity index (χ3v) is 2.87. The standard InChI is InChI=1S/C15H13ClFNO/c1-19-14-8-6-13(7-9-14)18-10-15(17)11-2-4-12(16)5-3-11/h2-10,15H,1H3. The Bertz CT molecular complexity index is 551. The van der Waals surface area contributed by atoms with Gasteiger partial charge < -0.3 is 4.74 Å². The Morgan fingerprint density at radius 2 is 1.74 bits per heavy atom. The minimum atomic E-state index is -1.25. The van der Waals surface area contributed by atoms with Gasteiger partial charge in [-0.25, -0.2) is 4.39 Å². The van der Waals surface area contributed by atoms with Crippen LogP contribution in [0, 0.1) is 0 Å². The summed E-state index contributed by atoms with van der Waals surface area (Å²) in [6, 6.07) is 13.7. The molecule has 0 aromatic heterocycles. The fourth-order valence-corrected chi connectivity index (χ4v) is 1.68. The van der Waals surface area contributed by atoms with Gasteiger partial charge >= 0.3 is 0 Å². The van der Waals surface area contributed by atoms with Gasteiger partial charge in [0.25, 0.3) is 0 Å². The van der Waals surface area contributed by atoms with E-state index in [4.69, 9.17) is 16.3 Å². The molecule has 0 aliphatic rings. The Kier molecular flexibility index (Phi) is 4.53. The summed E-state index contributed by atoms with van der Waals surface area (Å²) in [7, 11) is 1.59. The molecule has 0 amide bonds. The van der Waals surface area contributed by atoms with E-state index in [1.165, 1.54) is 6.21 Å². The minimum absolute atomic E-state index is 0.529. The Hall–Kier alpha value is -1.87. The molecule has 0 heterocycles. The van der Waals surface area contributed by atoms with Gasteiger partial charge in [-0.1, -0.05) is 23.7 Å². The molecule has 1 atom stereocenters. The summed E-state index contributed by atoms with van der Waals surface area (Å²) >= 11 is 5.75. The number of hydrogen-bond acceptors (Lipinski definition) is 2. The largest absolute Gasteiger partial charge is 0.497 e. The fraction of sp³-hybridized carbons (Fsp3) is 0.133. The maximum Gasteiger partial charge on any atom is 0.160 e. The molecule has 1 unspecified atom stereocenters. The summed E-state index contributed by atoms with van der Waals surface area (Å²) < 4.78 is 18.9. The van der Waals surface area contributed by atoms with Gasteiger partial charge in [0, 0.05) is 11.2 Å². The molecule has 0 radical (unpaired) electrons. The second-order valence-electron chi connectivity index (χ2n) is 3.93.